The van der Waals surface area contributed by atoms with E-state index in [4.69, 9.17) is 10.5 Å². The van der Waals surface area contributed by atoms with Crippen molar-refractivity contribution in [3.05, 3.63) is 12.2 Å². The van der Waals surface area contributed by atoms with Gasteiger partial charge in [0.05, 0.1) is 5.60 Å². The van der Waals surface area contributed by atoms with Crippen LogP contribution in [-0.4, -0.2) is 33.5 Å². The maximum absolute atomic E-state index is 6.44. The molecule has 2 N–H and O–H groups in total. The fourth-order valence-corrected chi connectivity index (χ4v) is 2.96. The maximum Gasteiger partial charge on any atom is 0.138 e. The largest absolute Gasteiger partial charge is 0.377 e. The van der Waals surface area contributed by atoms with Crippen molar-refractivity contribution in [2.45, 2.75) is 57.6 Å². The summed E-state index contributed by atoms with van der Waals surface area (Å²) < 4.78 is 7.63. The predicted octanol–water partition coefficient (Wildman–Crippen LogP) is 1.67. The average molecular weight is 266 g/mol. The van der Waals surface area contributed by atoms with Gasteiger partial charge in [0.15, 0.2) is 0 Å². The summed E-state index contributed by atoms with van der Waals surface area (Å²) in [5.74, 6) is 0.925. The molecular weight excluding hydrogens is 240 g/mol. The van der Waals surface area contributed by atoms with Crippen LogP contribution in [0.1, 0.15) is 45.4 Å². The predicted molar refractivity (Wildman–Crippen MR) is 74.7 cm³/mol. The van der Waals surface area contributed by atoms with Crippen molar-refractivity contribution < 1.29 is 4.74 Å². The Labute approximate surface area is 115 Å². The minimum Gasteiger partial charge on any atom is -0.377 e. The van der Waals surface area contributed by atoms with E-state index in [1.165, 1.54) is 0 Å². The third-order valence-electron chi connectivity index (χ3n) is 4.74. The van der Waals surface area contributed by atoms with Crippen molar-refractivity contribution in [2.75, 3.05) is 7.11 Å². The van der Waals surface area contributed by atoms with Gasteiger partial charge in [-0.2, -0.15) is 5.10 Å². The van der Waals surface area contributed by atoms with Gasteiger partial charge in [-0.25, -0.2) is 4.98 Å². The highest BCUT2D eigenvalue weighted by molar-refractivity contribution is 5.01. The van der Waals surface area contributed by atoms with E-state index in [1.54, 1.807) is 18.1 Å². The molecule has 1 aliphatic rings. The highest BCUT2D eigenvalue weighted by atomic mass is 16.5. The van der Waals surface area contributed by atoms with Crippen LogP contribution >= 0.6 is 0 Å². The molecule has 1 fully saturated rings. The van der Waals surface area contributed by atoms with Crippen molar-refractivity contribution in [1.29, 1.82) is 0 Å². The van der Waals surface area contributed by atoms with E-state index in [1.807, 2.05) is 7.05 Å². The molecule has 1 aromatic heterocycles. The van der Waals surface area contributed by atoms with Crippen LogP contribution in [0.5, 0.6) is 0 Å². The lowest BCUT2D eigenvalue weighted by Crippen LogP contribution is -2.53. The zero-order chi connectivity index (χ0) is 14.1. The van der Waals surface area contributed by atoms with Crippen molar-refractivity contribution in [2.24, 2.45) is 18.2 Å². The molecule has 1 unspecified atom stereocenters. The fourth-order valence-electron chi connectivity index (χ4n) is 2.96. The van der Waals surface area contributed by atoms with Crippen LogP contribution < -0.4 is 5.73 Å². The molecule has 1 aromatic rings. The van der Waals surface area contributed by atoms with Crippen LogP contribution in [-0.2, 0) is 18.2 Å². The molecule has 0 radical (unpaired) electrons. The number of aryl methyl sites for hydroxylation is 1. The van der Waals surface area contributed by atoms with Crippen LogP contribution in [0.25, 0.3) is 0 Å². The molecule has 1 heterocycles. The summed E-state index contributed by atoms with van der Waals surface area (Å²) in [5, 5.41) is 4.10. The minimum atomic E-state index is -0.207. The molecular formula is C14H26N4O. The van der Waals surface area contributed by atoms with Gasteiger partial charge in [0, 0.05) is 26.6 Å². The number of methoxy groups -OCH3 is 1. The maximum atomic E-state index is 6.44. The van der Waals surface area contributed by atoms with Crippen LogP contribution in [0.2, 0.25) is 0 Å². The molecule has 2 rings (SSSR count). The highest BCUT2D eigenvalue weighted by Gasteiger charge is 2.43. The minimum absolute atomic E-state index is 0.0310. The molecule has 0 bridgehead atoms. The zero-order valence-electron chi connectivity index (χ0n) is 12.5. The Bertz CT molecular complexity index is 417. The van der Waals surface area contributed by atoms with Gasteiger partial charge in [0.25, 0.3) is 0 Å². The first-order valence-electron chi connectivity index (χ1n) is 7.02. The lowest BCUT2D eigenvalue weighted by atomic mass is 9.68. The van der Waals surface area contributed by atoms with Gasteiger partial charge in [-0.05, 0) is 31.1 Å². The molecule has 0 spiro atoms. The molecule has 5 nitrogen and oxygen atoms in total. The monoisotopic (exact) mass is 266 g/mol. The molecule has 0 amide bonds. The summed E-state index contributed by atoms with van der Waals surface area (Å²) >= 11 is 0. The molecule has 108 valence electrons. The van der Waals surface area contributed by atoms with Gasteiger partial charge in [0.1, 0.15) is 12.2 Å². The normalized spacial score (nSPS) is 23.2. The van der Waals surface area contributed by atoms with Crippen molar-refractivity contribution in [3.8, 4) is 0 Å². The number of nitrogens with zero attached hydrogens (tertiary/aromatic N) is 3. The van der Waals surface area contributed by atoms with E-state index >= 15 is 0 Å². The first kappa shape index (κ1) is 14.5. The molecule has 0 aliphatic heterocycles. The van der Waals surface area contributed by atoms with Gasteiger partial charge >= 0.3 is 0 Å². The molecule has 19 heavy (non-hydrogen) atoms. The summed E-state index contributed by atoms with van der Waals surface area (Å²) in [4.78, 5) is 4.26. The summed E-state index contributed by atoms with van der Waals surface area (Å²) in [6.45, 7) is 4.64. The zero-order valence-corrected chi connectivity index (χ0v) is 12.5. The van der Waals surface area contributed by atoms with Crippen LogP contribution in [0.4, 0.5) is 0 Å². The highest BCUT2D eigenvalue weighted by Crippen LogP contribution is 2.43. The van der Waals surface area contributed by atoms with Gasteiger partial charge in [0.2, 0.25) is 0 Å². The Morgan fingerprint density at radius 3 is 2.47 bits per heavy atom. The lowest BCUT2D eigenvalue weighted by molar-refractivity contribution is -0.0785. The molecule has 1 aliphatic carbocycles. The Morgan fingerprint density at radius 2 is 2.00 bits per heavy atom. The van der Waals surface area contributed by atoms with Gasteiger partial charge in [-0.1, -0.05) is 13.8 Å². The van der Waals surface area contributed by atoms with Crippen LogP contribution in [0, 0.1) is 5.41 Å². The standard InChI is InChI=1S/C14H26N4O/c1-13(2)5-7-14(19-4,8-6-13)11(15)9-12-16-10-17-18(12)3/h10-11H,5-9,15H2,1-4H3. The van der Waals surface area contributed by atoms with Gasteiger partial charge < -0.3 is 10.5 Å². The third-order valence-corrected chi connectivity index (χ3v) is 4.74. The van der Waals surface area contributed by atoms with E-state index in [9.17, 15) is 0 Å². The lowest BCUT2D eigenvalue weighted by Gasteiger charge is -2.45. The van der Waals surface area contributed by atoms with E-state index in [0.29, 0.717) is 11.8 Å². The fraction of sp³-hybridized carbons (Fsp3) is 0.857. The van der Waals surface area contributed by atoms with Crippen LogP contribution in [0.15, 0.2) is 6.33 Å². The summed E-state index contributed by atoms with van der Waals surface area (Å²) in [7, 11) is 3.69. The molecule has 1 saturated carbocycles. The second-order valence-corrected chi connectivity index (χ2v) is 6.54. The second-order valence-electron chi connectivity index (χ2n) is 6.54. The van der Waals surface area contributed by atoms with Crippen LogP contribution in [0.3, 0.4) is 0 Å². The van der Waals surface area contributed by atoms with Crippen molar-refractivity contribution in [1.82, 2.24) is 14.8 Å². The first-order chi connectivity index (χ1) is 8.88. The number of ether oxygens (including phenoxy) is 1. The Morgan fingerprint density at radius 1 is 1.37 bits per heavy atom. The SMILES string of the molecule is COC1(C(N)Cc2ncnn2C)CCC(C)(C)CC1. The summed E-state index contributed by atoms with van der Waals surface area (Å²) in [6.07, 6.45) is 6.65. The molecule has 0 aromatic carbocycles. The van der Waals surface area contributed by atoms with E-state index in [0.717, 1.165) is 31.5 Å². The smallest absolute Gasteiger partial charge is 0.138 e. The third kappa shape index (κ3) is 2.98. The second kappa shape index (κ2) is 5.21. The first-order valence-corrected chi connectivity index (χ1v) is 7.02. The van der Waals surface area contributed by atoms with E-state index < -0.39 is 0 Å². The number of aromatic nitrogens is 3. The van der Waals surface area contributed by atoms with Gasteiger partial charge in [-0.15, -0.1) is 0 Å². The van der Waals surface area contributed by atoms with E-state index in [2.05, 4.69) is 23.9 Å². The molecule has 1 atom stereocenters. The number of hydrogen-bond acceptors (Lipinski definition) is 4. The number of hydrogen-bond donors (Lipinski definition) is 1. The van der Waals surface area contributed by atoms with Gasteiger partial charge in [-0.3, -0.25) is 4.68 Å². The summed E-state index contributed by atoms with van der Waals surface area (Å²) in [6, 6.07) is -0.0310. The van der Waals surface area contributed by atoms with E-state index in [-0.39, 0.29) is 11.6 Å². The summed E-state index contributed by atoms with van der Waals surface area (Å²) in [5.41, 5.74) is 6.64. The van der Waals surface area contributed by atoms with Crippen molar-refractivity contribution >= 4 is 0 Å². The van der Waals surface area contributed by atoms with Crippen molar-refractivity contribution in [3.63, 3.8) is 0 Å². The molecule has 0 saturated heterocycles. The Balaban J connectivity index is 2.07. The molecule has 5 heteroatoms. The average Bonchev–Trinajstić information content (AvgIpc) is 2.76. The Kier molecular flexibility index (Phi) is 3.97. The quantitative estimate of drug-likeness (QED) is 0.900. The number of rotatable bonds is 4. The number of nitrogens with two attached hydrogens (primary N) is 1. The Hall–Kier alpha value is -0.940. The topological polar surface area (TPSA) is 66.0 Å².